The number of sulfonamides is 1. The Morgan fingerprint density at radius 2 is 2.08 bits per heavy atom. The van der Waals surface area contributed by atoms with E-state index in [1.807, 2.05) is 0 Å². The third kappa shape index (κ3) is 4.22. The summed E-state index contributed by atoms with van der Waals surface area (Å²) in [6.45, 7) is 2.47. The van der Waals surface area contributed by atoms with Gasteiger partial charge < -0.3 is 14.7 Å². The highest BCUT2D eigenvalue weighted by Gasteiger charge is 2.32. The molecule has 0 radical (unpaired) electrons. The lowest BCUT2D eigenvalue weighted by Crippen LogP contribution is -2.49. The van der Waals surface area contributed by atoms with E-state index in [9.17, 15) is 18.0 Å². The molecule has 2 fully saturated rings. The first-order chi connectivity index (χ1) is 12.3. The lowest BCUT2D eigenvalue weighted by atomic mass is 10.0. The average Bonchev–Trinajstić information content (AvgIpc) is 3.37. The lowest BCUT2D eigenvalue weighted by molar-refractivity contribution is -0.139. The van der Waals surface area contributed by atoms with E-state index in [1.54, 1.807) is 13.0 Å². The second-order valence-corrected chi connectivity index (χ2v) is 8.41. The van der Waals surface area contributed by atoms with Crippen molar-refractivity contribution in [1.82, 2.24) is 9.62 Å². The van der Waals surface area contributed by atoms with Crippen molar-refractivity contribution in [2.45, 2.75) is 43.2 Å². The van der Waals surface area contributed by atoms with Crippen molar-refractivity contribution in [1.29, 1.82) is 0 Å². The predicted molar refractivity (Wildman–Crippen MR) is 92.4 cm³/mol. The minimum atomic E-state index is -3.67. The van der Waals surface area contributed by atoms with Crippen LogP contribution in [0.1, 0.15) is 35.2 Å². The fourth-order valence-electron chi connectivity index (χ4n) is 2.93. The zero-order chi connectivity index (χ0) is 18.9. The second kappa shape index (κ2) is 7.34. The maximum atomic E-state index is 13.0. The largest absolute Gasteiger partial charge is 0.481 e. The number of nitrogens with one attached hydrogen (secondary N) is 1. The van der Waals surface area contributed by atoms with Crippen LogP contribution in [0.4, 0.5) is 0 Å². The summed E-state index contributed by atoms with van der Waals surface area (Å²) in [6, 6.07) is 3.85. The Kier molecular flexibility index (Phi) is 5.31. The highest BCUT2D eigenvalue weighted by Crippen LogP contribution is 2.24. The lowest BCUT2D eigenvalue weighted by Gasteiger charge is -2.35. The Labute approximate surface area is 152 Å². The van der Waals surface area contributed by atoms with E-state index in [0.717, 1.165) is 12.8 Å². The molecule has 1 saturated heterocycles. The van der Waals surface area contributed by atoms with Crippen molar-refractivity contribution in [2.24, 2.45) is 0 Å². The first kappa shape index (κ1) is 18.8. The van der Waals surface area contributed by atoms with E-state index >= 15 is 0 Å². The third-order valence-corrected chi connectivity index (χ3v) is 6.07. The van der Waals surface area contributed by atoms with Crippen molar-refractivity contribution in [3.63, 3.8) is 0 Å². The molecule has 9 heteroatoms. The van der Waals surface area contributed by atoms with Crippen LogP contribution >= 0.6 is 0 Å². The van der Waals surface area contributed by atoms with Crippen LogP contribution in [0.5, 0.6) is 0 Å². The number of carbonyl (C=O) groups is 2. The van der Waals surface area contributed by atoms with E-state index in [-0.39, 0.29) is 42.0 Å². The number of benzene rings is 1. The van der Waals surface area contributed by atoms with Crippen molar-refractivity contribution >= 4 is 21.9 Å². The summed E-state index contributed by atoms with van der Waals surface area (Å²) in [4.78, 5) is 25.5. The van der Waals surface area contributed by atoms with Gasteiger partial charge in [-0.25, -0.2) is 13.1 Å². The van der Waals surface area contributed by atoms with Gasteiger partial charge in [0.05, 0.1) is 30.6 Å². The van der Waals surface area contributed by atoms with Gasteiger partial charge in [0, 0.05) is 18.2 Å². The van der Waals surface area contributed by atoms with Gasteiger partial charge in [0.15, 0.2) is 0 Å². The maximum absolute atomic E-state index is 13.0. The quantitative estimate of drug-likeness (QED) is 0.751. The first-order valence-electron chi connectivity index (χ1n) is 8.51. The molecule has 8 nitrogen and oxygen atoms in total. The molecule has 142 valence electrons. The Morgan fingerprint density at radius 1 is 1.35 bits per heavy atom. The zero-order valence-electron chi connectivity index (χ0n) is 14.5. The molecular formula is C17H22N2O6S. The Bertz CT molecular complexity index is 819. The van der Waals surface area contributed by atoms with E-state index in [0.29, 0.717) is 12.2 Å². The molecule has 1 unspecified atom stereocenters. The molecule has 3 rings (SSSR count). The zero-order valence-corrected chi connectivity index (χ0v) is 15.3. The number of carbonyl (C=O) groups excluding carboxylic acids is 1. The van der Waals surface area contributed by atoms with E-state index in [2.05, 4.69) is 4.72 Å². The molecule has 1 atom stereocenters. The van der Waals surface area contributed by atoms with Crippen LogP contribution in [-0.2, 0) is 19.6 Å². The number of aliphatic carboxylic acids is 1. The van der Waals surface area contributed by atoms with Crippen LogP contribution in [0.25, 0.3) is 0 Å². The van der Waals surface area contributed by atoms with Gasteiger partial charge >= 0.3 is 5.97 Å². The minimum absolute atomic E-state index is 0.0281. The van der Waals surface area contributed by atoms with Crippen molar-refractivity contribution in [3.8, 4) is 0 Å². The third-order valence-electron chi connectivity index (χ3n) is 4.55. The molecule has 1 amide bonds. The molecule has 0 bridgehead atoms. The minimum Gasteiger partial charge on any atom is -0.481 e. The molecule has 26 heavy (non-hydrogen) atoms. The number of nitrogens with zero attached hydrogens (tertiary/aromatic N) is 1. The van der Waals surface area contributed by atoms with Crippen LogP contribution in [0, 0.1) is 6.92 Å². The molecule has 0 spiro atoms. The standard InChI is InChI=1S/C17H22N2O6S/c1-11-2-5-14(26(23,24)18-12-3-4-12)9-15(11)17(22)19-6-7-25-10-13(19)8-16(20)21/h2,5,9,12-13,18H,3-4,6-8,10H2,1H3,(H,20,21). The Morgan fingerprint density at radius 3 is 2.73 bits per heavy atom. The highest BCUT2D eigenvalue weighted by atomic mass is 32.2. The molecule has 2 aliphatic rings. The Hall–Kier alpha value is -1.97. The number of hydrogen-bond acceptors (Lipinski definition) is 5. The van der Waals surface area contributed by atoms with Gasteiger partial charge in [-0.3, -0.25) is 9.59 Å². The van der Waals surface area contributed by atoms with E-state index in [4.69, 9.17) is 9.84 Å². The molecule has 1 saturated carbocycles. The number of amides is 1. The van der Waals surface area contributed by atoms with Gasteiger partial charge in [-0.1, -0.05) is 6.07 Å². The molecule has 1 aliphatic heterocycles. The second-order valence-electron chi connectivity index (χ2n) is 6.70. The number of rotatable bonds is 6. The summed E-state index contributed by atoms with van der Waals surface area (Å²) in [7, 11) is -3.67. The summed E-state index contributed by atoms with van der Waals surface area (Å²) < 4.78 is 32.7. The summed E-state index contributed by atoms with van der Waals surface area (Å²) >= 11 is 0. The number of carboxylic acid groups (broad SMARTS) is 1. The van der Waals surface area contributed by atoms with E-state index < -0.39 is 22.0 Å². The van der Waals surface area contributed by atoms with Crippen LogP contribution in [-0.4, -0.2) is 62.1 Å². The normalized spacial score (nSPS) is 20.8. The van der Waals surface area contributed by atoms with Crippen LogP contribution < -0.4 is 4.72 Å². The topological polar surface area (TPSA) is 113 Å². The predicted octanol–water partition coefficient (Wildman–Crippen LogP) is 0.751. The number of carboxylic acids is 1. The van der Waals surface area contributed by atoms with Gasteiger partial charge in [0.1, 0.15) is 0 Å². The molecule has 1 heterocycles. The Balaban J connectivity index is 1.88. The highest BCUT2D eigenvalue weighted by molar-refractivity contribution is 7.89. The summed E-state index contributed by atoms with van der Waals surface area (Å²) in [5.74, 6) is -1.39. The van der Waals surface area contributed by atoms with Crippen molar-refractivity contribution in [3.05, 3.63) is 29.3 Å². The molecular weight excluding hydrogens is 360 g/mol. The monoisotopic (exact) mass is 382 g/mol. The molecule has 1 aliphatic carbocycles. The number of ether oxygens (including phenoxy) is 1. The smallest absolute Gasteiger partial charge is 0.305 e. The summed E-state index contributed by atoms with van der Waals surface area (Å²) in [5.41, 5.74) is 0.905. The number of morpholine rings is 1. The van der Waals surface area contributed by atoms with Crippen molar-refractivity contribution in [2.75, 3.05) is 19.8 Å². The molecule has 1 aromatic rings. The fraction of sp³-hybridized carbons (Fsp3) is 0.529. The summed E-state index contributed by atoms with van der Waals surface area (Å²) in [5, 5.41) is 9.05. The van der Waals surface area contributed by atoms with Crippen LogP contribution in [0.2, 0.25) is 0 Å². The summed E-state index contributed by atoms with van der Waals surface area (Å²) in [6.07, 6.45) is 1.43. The van der Waals surface area contributed by atoms with E-state index in [1.165, 1.54) is 17.0 Å². The van der Waals surface area contributed by atoms with Gasteiger partial charge in [0.25, 0.3) is 5.91 Å². The first-order valence-corrected chi connectivity index (χ1v) is 10.00. The van der Waals surface area contributed by atoms with Crippen LogP contribution in [0.3, 0.4) is 0 Å². The average molecular weight is 382 g/mol. The fourth-order valence-corrected chi connectivity index (χ4v) is 4.27. The molecule has 0 aromatic heterocycles. The molecule has 2 N–H and O–H groups in total. The van der Waals surface area contributed by atoms with Gasteiger partial charge in [-0.2, -0.15) is 0 Å². The van der Waals surface area contributed by atoms with Gasteiger partial charge in [-0.15, -0.1) is 0 Å². The number of hydrogen-bond donors (Lipinski definition) is 2. The number of aryl methyl sites for hydroxylation is 1. The van der Waals surface area contributed by atoms with Crippen molar-refractivity contribution < 1.29 is 27.9 Å². The SMILES string of the molecule is Cc1ccc(S(=O)(=O)NC2CC2)cc1C(=O)N1CCOCC1CC(=O)O. The van der Waals surface area contributed by atoms with Gasteiger partial charge in [0.2, 0.25) is 10.0 Å². The maximum Gasteiger partial charge on any atom is 0.305 e. The molecule has 1 aromatic carbocycles. The van der Waals surface area contributed by atoms with Gasteiger partial charge in [-0.05, 0) is 37.5 Å². The van der Waals surface area contributed by atoms with Crippen LogP contribution in [0.15, 0.2) is 23.1 Å².